The van der Waals surface area contributed by atoms with E-state index in [0.29, 0.717) is 0 Å². The number of benzene rings is 6. The molecular weight excluding hydrogens is 585 g/mol. The van der Waals surface area contributed by atoms with Gasteiger partial charge in [-0.15, -0.1) is 0 Å². The molecule has 0 fully saturated rings. The molecule has 48 heavy (non-hydrogen) atoms. The average Bonchev–Trinajstić information content (AvgIpc) is 3.15. The smallest absolute Gasteiger partial charge is 0.115 e. The zero-order valence-electron chi connectivity index (χ0n) is 26.0. The second kappa shape index (κ2) is 11.7. The van der Waals surface area contributed by atoms with Crippen molar-refractivity contribution in [1.82, 2.24) is 9.97 Å². The lowest BCUT2D eigenvalue weighted by molar-refractivity contribution is 1.22. The second-order valence-electron chi connectivity index (χ2n) is 11.9. The van der Waals surface area contributed by atoms with E-state index in [0.717, 1.165) is 56.4 Å². The number of fused-ring (bicyclic) bond motifs is 4. The molecule has 4 nitrogen and oxygen atoms in total. The fraction of sp³-hybridized carbons (Fsp3) is 0. The van der Waals surface area contributed by atoms with Crippen LogP contribution in [0.5, 0.6) is 0 Å². The van der Waals surface area contributed by atoms with Gasteiger partial charge in [-0.2, -0.15) is 0 Å². The van der Waals surface area contributed by atoms with E-state index in [2.05, 4.69) is 133 Å². The number of pyridine rings is 2. The van der Waals surface area contributed by atoms with Crippen LogP contribution in [0.2, 0.25) is 0 Å². The van der Waals surface area contributed by atoms with Crippen LogP contribution in [0.3, 0.4) is 0 Å². The summed E-state index contributed by atoms with van der Waals surface area (Å²) in [4.78, 5) is 20.1. The Bertz CT molecular complexity index is 2360. The number of aliphatic imine (C=N–C) groups is 2. The van der Waals surface area contributed by atoms with Gasteiger partial charge < -0.3 is 0 Å². The van der Waals surface area contributed by atoms with Crippen LogP contribution in [0.1, 0.15) is 22.5 Å². The molecule has 8 aromatic rings. The Hall–Kier alpha value is -6.52. The summed E-state index contributed by atoms with van der Waals surface area (Å²) in [5.41, 5.74) is 11.1. The van der Waals surface area contributed by atoms with Gasteiger partial charge in [0.25, 0.3) is 0 Å². The van der Waals surface area contributed by atoms with Crippen molar-refractivity contribution in [2.45, 2.75) is 0 Å². The molecule has 4 heteroatoms. The molecule has 0 aliphatic carbocycles. The maximum absolute atomic E-state index is 5.23. The van der Waals surface area contributed by atoms with Crippen LogP contribution in [0.25, 0.3) is 43.8 Å². The van der Waals surface area contributed by atoms with Crippen molar-refractivity contribution in [2.75, 3.05) is 0 Å². The highest BCUT2D eigenvalue weighted by molar-refractivity contribution is 6.21. The van der Waals surface area contributed by atoms with E-state index in [1.807, 2.05) is 24.3 Å². The summed E-state index contributed by atoms with van der Waals surface area (Å²) in [6.45, 7) is 0. The number of nitrogens with zero attached hydrogens (tertiary/aromatic N) is 4. The molecule has 1 aliphatic heterocycles. The van der Waals surface area contributed by atoms with Crippen LogP contribution in [-0.2, 0) is 0 Å². The summed E-state index contributed by atoms with van der Waals surface area (Å²) in [5.74, 6) is 0. The molecule has 0 radical (unpaired) electrons. The summed E-state index contributed by atoms with van der Waals surface area (Å²) < 4.78 is 0. The first-order valence-corrected chi connectivity index (χ1v) is 16.0. The van der Waals surface area contributed by atoms with Crippen molar-refractivity contribution < 1.29 is 0 Å². The minimum atomic E-state index is 0.732. The van der Waals surface area contributed by atoms with Crippen molar-refractivity contribution >= 4 is 44.3 Å². The van der Waals surface area contributed by atoms with Gasteiger partial charge >= 0.3 is 0 Å². The van der Waals surface area contributed by atoms with Gasteiger partial charge in [-0.25, -0.2) is 9.98 Å². The standard InChI is InChI=1S/C44H28N4/c1-3-9-35-27-37(23-17-29(35)7-1)31-13-19-33(20-14-31)41-43-39(11-5-25-45-43)48-42(44-40(47-41)12-6-26-46-44)34-21-15-32(16-22-34)38-24-18-30-8-2-4-10-36(30)28-38/h1-28H/b43-41?,44-42?,47-40?,47-41-,48-39?,48-42-. The Balaban J connectivity index is 1.11. The molecule has 0 bridgehead atoms. The maximum Gasteiger partial charge on any atom is 0.115 e. The van der Waals surface area contributed by atoms with Gasteiger partial charge in [0.2, 0.25) is 0 Å². The third-order valence-corrected chi connectivity index (χ3v) is 8.97. The van der Waals surface area contributed by atoms with E-state index in [1.54, 1.807) is 12.4 Å². The molecule has 1 aliphatic rings. The van der Waals surface area contributed by atoms with Crippen molar-refractivity contribution in [2.24, 2.45) is 9.98 Å². The number of hydrogen-bond acceptors (Lipinski definition) is 4. The van der Waals surface area contributed by atoms with Crippen molar-refractivity contribution in [1.29, 1.82) is 0 Å². The number of hydrogen-bond donors (Lipinski definition) is 0. The molecule has 3 heterocycles. The molecule has 0 amide bonds. The van der Waals surface area contributed by atoms with E-state index in [-0.39, 0.29) is 0 Å². The monoisotopic (exact) mass is 612 g/mol. The predicted molar refractivity (Wildman–Crippen MR) is 198 cm³/mol. The SMILES string of the molecule is c1cnc2c(c1)/N=C(/c1ccc(-c3ccc4ccccc4c3)cc1)c1ncccc1/N=C\2c1ccc(-c2ccc3ccccc3c2)cc1. The summed E-state index contributed by atoms with van der Waals surface area (Å²) in [6, 6.07) is 55.0. The first-order chi connectivity index (χ1) is 23.8. The van der Waals surface area contributed by atoms with Gasteiger partial charge in [0.1, 0.15) is 11.4 Å². The Labute approximate surface area is 278 Å². The van der Waals surface area contributed by atoms with E-state index >= 15 is 0 Å². The van der Waals surface area contributed by atoms with E-state index in [4.69, 9.17) is 20.0 Å². The highest BCUT2D eigenvalue weighted by Gasteiger charge is 2.22. The quantitative estimate of drug-likeness (QED) is 0.199. The Morgan fingerprint density at radius 3 is 1.10 bits per heavy atom. The average molecular weight is 613 g/mol. The molecule has 224 valence electrons. The van der Waals surface area contributed by atoms with Crippen LogP contribution in [0, 0.1) is 0 Å². The summed E-state index contributed by atoms with van der Waals surface area (Å²) in [5, 5.41) is 4.92. The molecule has 2 aromatic heterocycles. The lowest BCUT2D eigenvalue weighted by Gasteiger charge is -2.17. The molecule has 0 N–H and O–H groups in total. The molecule has 6 aromatic carbocycles. The van der Waals surface area contributed by atoms with Gasteiger partial charge in [0.05, 0.1) is 22.8 Å². The van der Waals surface area contributed by atoms with E-state index < -0.39 is 0 Å². The molecule has 0 unspecified atom stereocenters. The lowest BCUT2D eigenvalue weighted by atomic mass is 9.96. The molecule has 9 rings (SSSR count). The van der Waals surface area contributed by atoms with Gasteiger partial charge in [0, 0.05) is 23.5 Å². The maximum atomic E-state index is 5.23. The summed E-state index contributed by atoms with van der Waals surface area (Å²) in [7, 11) is 0. The Morgan fingerprint density at radius 1 is 0.292 bits per heavy atom. The third-order valence-electron chi connectivity index (χ3n) is 8.97. The third kappa shape index (κ3) is 5.06. The predicted octanol–water partition coefficient (Wildman–Crippen LogP) is 10.8. The highest BCUT2D eigenvalue weighted by atomic mass is 14.9. The normalized spacial score (nSPS) is 14.6. The van der Waals surface area contributed by atoms with Crippen LogP contribution in [0.15, 0.2) is 180 Å². The van der Waals surface area contributed by atoms with Gasteiger partial charge in [-0.1, -0.05) is 121 Å². The minimum absolute atomic E-state index is 0.732. The fourth-order valence-corrected chi connectivity index (χ4v) is 6.47. The van der Waals surface area contributed by atoms with E-state index in [1.165, 1.54) is 32.7 Å². The minimum Gasteiger partial charge on any atom is -0.252 e. The zero-order valence-corrected chi connectivity index (χ0v) is 26.0. The zero-order chi connectivity index (χ0) is 31.9. The first-order valence-electron chi connectivity index (χ1n) is 16.0. The van der Waals surface area contributed by atoms with Crippen molar-refractivity contribution in [3.63, 3.8) is 0 Å². The van der Waals surface area contributed by atoms with Crippen LogP contribution < -0.4 is 0 Å². The van der Waals surface area contributed by atoms with E-state index in [9.17, 15) is 0 Å². The van der Waals surface area contributed by atoms with Crippen LogP contribution in [-0.4, -0.2) is 21.4 Å². The van der Waals surface area contributed by atoms with Crippen molar-refractivity contribution in [3.8, 4) is 22.3 Å². The second-order valence-corrected chi connectivity index (χ2v) is 11.9. The lowest BCUT2D eigenvalue weighted by Crippen LogP contribution is -2.12. The number of aromatic nitrogens is 2. The summed E-state index contributed by atoms with van der Waals surface area (Å²) in [6.07, 6.45) is 3.61. The molecule has 0 saturated heterocycles. The van der Waals surface area contributed by atoms with Crippen LogP contribution in [0.4, 0.5) is 11.4 Å². The van der Waals surface area contributed by atoms with Crippen molar-refractivity contribution in [3.05, 3.63) is 193 Å². The van der Waals surface area contributed by atoms with Gasteiger partial charge in [-0.05, 0) is 80.2 Å². The molecular formula is C44H28N4. The molecule has 0 spiro atoms. The fourth-order valence-electron chi connectivity index (χ4n) is 6.47. The first kappa shape index (κ1) is 27.8. The Kier molecular flexibility index (Phi) is 6.76. The molecule has 0 saturated carbocycles. The van der Waals surface area contributed by atoms with Crippen LogP contribution >= 0.6 is 0 Å². The van der Waals surface area contributed by atoms with Gasteiger partial charge in [0.15, 0.2) is 0 Å². The highest BCUT2D eigenvalue weighted by Crippen LogP contribution is 2.33. The Morgan fingerprint density at radius 2 is 0.667 bits per heavy atom. The number of rotatable bonds is 4. The summed E-state index contributed by atoms with van der Waals surface area (Å²) >= 11 is 0. The molecule has 0 atom stereocenters. The van der Waals surface area contributed by atoms with Gasteiger partial charge in [-0.3, -0.25) is 9.97 Å². The topological polar surface area (TPSA) is 50.5 Å². The largest absolute Gasteiger partial charge is 0.252 e.